The van der Waals surface area contributed by atoms with Crippen LogP contribution in [0.5, 0.6) is 0 Å². The molecule has 0 bridgehead atoms. The standard InChI is InChI=1S/C9H17N3OS/c1-9(2,13-10)8-11-5-7(14-8)6-12(3)4/h5H,6,10H2,1-4H3. The van der Waals surface area contributed by atoms with Crippen LogP contribution in [0.25, 0.3) is 0 Å². The lowest BCUT2D eigenvalue weighted by atomic mass is 10.1. The minimum atomic E-state index is -0.491. The molecule has 1 heterocycles. The van der Waals surface area contributed by atoms with Crippen LogP contribution in [0.2, 0.25) is 0 Å². The van der Waals surface area contributed by atoms with Crippen molar-refractivity contribution in [2.24, 2.45) is 5.90 Å². The Bertz CT molecular complexity index is 296. The van der Waals surface area contributed by atoms with E-state index in [0.29, 0.717) is 0 Å². The van der Waals surface area contributed by atoms with Crippen LogP contribution in [-0.2, 0) is 17.0 Å². The summed E-state index contributed by atoms with van der Waals surface area (Å²) in [5.74, 6) is 5.21. The molecule has 2 N–H and O–H groups in total. The Morgan fingerprint density at radius 1 is 1.57 bits per heavy atom. The fraction of sp³-hybridized carbons (Fsp3) is 0.667. The second-order valence-electron chi connectivity index (χ2n) is 4.00. The molecule has 0 radical (unpaired) electrons. The molecule has 0 saturated heterocycles. The molecule has 0 aromatic carbocycles. The van der Waals surface area contributed by atoms with Gasteiger partial charge in [-0.25, -0.2) is 10.9 Å². The Balaban J connectivity index is 2.77. The Labute approximate surface area is 88.6 Å². The first kappa shape index (κ1) is 11.6. The first-order valence-corrected chi connectivity index (χ1v) is 5.25. The van der Waals surface area contributed by atoms with Gasteiger partial charge in [0.15, 0.2) is 0 Å². The molecule has 1 aromatic rings. The lowest BCUT2D eigenvalue weighted by Gasteiger charge is -2.18. The quantitative estimate of drug-likeness (QED) is 0.770. The van der Waals surface area contributed by atoms with Gasteiger partial charge in [0.2, 0.25) is 0 Å². The van der Waals surface area contributed by atoms with Crippen LogP contribution >= 0.6 is 11.3 Å². The largest absolute Gasteiger partial charge is 0.304 e. The molecule has 0 atom stereocenters. The van der Waals surface area contributed by atoms with E-state index in [1.165, 1.54) is 4.88 Å². The van der Waals surface area contributed by atoms with Crippen LogP contribution in [0.4, 0.5) is 0 Å². The van der Waals surface area contributed by atoms with Crippen molar-refractivity contribution in [3.05, 3.63) is 16.1 Å². The van der Waals surface area contributed by atoms with Gasteiger partial charge in [0, 0.05) is 17.6 Å². The van der Waals surface area contributed by atoms with E-state index in [-0.39, 0.29) is 0 Å². The van der Waals surface area contributed by atoms with Crippen LogP contribution < -0.4 is 5.90 Å². The number of nitrogens with zero attached hydrogens (tertiary/aromatic N) is 2. The molecule has 1 aromatic heterocycles. The van der Waals surface area contributed by atoms with Gasteiger partial charge in [-0.2, -0.15) is 0 Å². The second kappa shape index (κ2) is 4.35. The van der Waals surface area contributed by atoms with Gasteiger partial charge in [-0.1, -0.05) is 0 Å². The molecule has 0 aliphatic carbocycles. The summed E-state index contributed by atoms with van der Waals surface area (Å²) < 4.78 is 0. The minimum Gasteiger partial charge on any atom is -0.304 e. The SMILES string of the molecule is CN(C)Cc1cnc(C(C)(C)ON)s1. The van der Waals surface area contributed by atoms with E-state index in [4.69, 9.17) is 10.7 Å². The predicted molar refractivity (Wildman–Crippen MR) is 57.8 cm³/mol. The van der Waals surface area contributed by atoms with Gasteiger partial charge in [-0.05, 0) is 27.9 Å². The maximum absolute atomic E-state index is 5.21. The zero-order valence-electron chi connectivity index (χ0n) is 9.07. The fourth-order valence-electron chi connectivity index (χ4n) is 1.02. The van der Waals surface area contributed by atoms with Crippen molar-refractivity contribution in [3.8, 4) is 0 Å². The van der Waals surface area contributed by atoms with Crippen molar-refractivity contribution in [2.45, 2.75) is 26.0 Å². The van der Waals surface area contributed by atoms with Crippen molar-refractivity contribution < 1.29 is 4.84 Å². The molecule has 4 nitrogen and oxygen atoms in total. The molecule has 0 saturated carbocycles. The minimum absolute atomic E-state index is 0.491. The highest BCUT2D eigenvalue weighted by atomic mass is 32.1. The van der Waals surface area contributed by atoms with E-state index in [1.54, 1.807) is 11.3 Å². The highest BCUT2D eigenvalue weighted by Gasteiger charge is 2.24. The van der Waals surface area contributed by atoms with Crippen molar-refractivity contribution in [1.82, 2.24) is 9.88 Å². The molecular weight excluding hydrogens is 198 g/mol. The van der Waals surface area contributed by atoms with Crippen LogP contribution in [0, 0.1) is 0 Å². The maximum Gasteiger partial charge on any atom is 0.135 e. The van der Waals surface area contributed by atoms with E-state index < -0.39 is 5.60 Å². The molecule has 14 heavy (non-hydrogen) atoms. The van der Waals surface area contributed by atoms with Gasteiger partial charge in [0.1, 0.15) is 10.6 Å². The van der Waals surface area contributed by atoms with Crippen molar-refractivity contribution in [2.75, 3.05) is 14.1 Å². The monoisotopic (exact) mass is 215 g/mol. The van der Waals surface area contributed by atoms with Crippen molar-refractivity contribution in [3.63, 3.8) is 0 Å². The summed E-state index contributed by atoms with van der Waals surface area (Å²) in [6.07, 6.45) is 1.88. The van der Waals surface area contributed by atoms with Crippen LogP contribution in [0.1, 0.15) is 23.7 Å². The molecule has 1 rings (SSSR count). The first-order valence-electron chi connectivity index (χ1n) is 4.43. The maximum atomic E-state index is 5.21. The topological polar surface area (TPSA) is 51.4 Å². The van der Waals surface area contributed by atoms with Crippen LogP contribution in [0.15, 0.2) is 6.20 Å². The molecule has 0 spiro atoms. The molecular formula is C9H17N3OS. The average Bonchev–Trinajstić information content (AvgIpc) is 2.52. The molecule has 5 heteroatoms. The van der Waals surface area contributed by atoms with Crippen molar-refractivity contribution >= 4 is 11.3 Å². The van der Waals surface area contributed by atoms with Gasteiger partial charge < -0.3 is 4.90 Å². The summed E-state index contributed by atoms with van der Waals surface area (Å²) in [5.41, 5.74) is -0.491. The van der Waals surface area contributed by atoms with E-state index in [1.807, 2.05) is 34.1 Å². The summed E-state index contributed by atoms with van der Waals surface area (Å²) in [7, 11) is 4.06. The molecule has 0 fully saturated rings. The zero-order valence-corrected chi connectivity index (χ0v) is 9.89. The summed E-state index contributed by atoms with van der Waals surface area (Å²) >= 11 is 1.63. The highest BCUT2D eigenvalue weighted by Crippen LogP contribution is 2.27. The van der Waals surface area contributed by atoms with Gasteiger partial charge in [-0.3, -0.25) is 4.84 Å². The number of rotatable bonds is 4. The smallest absolute Gasteiger partial charge is 0.135 e. The van der Waals surface area contributed by atoms with Gasteiger partial charge in [-0.15, -0.1) is 11.3 Å². The summed E-state index contributed by atoms with van der Waals surface area (Å²) in [4.78, 5) is 12.5. The Morgan fingerprint density at radius 3 is 2.71 bits per heavy atom. The zero-order chi connectivity index (χ0) is 10.8. The molecule has 80 valence electrons. The summed E-state index contributed by atoms with van der Waals surface area (Å²) in [6, 6.07) is 0. The van der Waals surface area contributed by atoms with Crippen LogP contribution in [-0.4, -0.2) is 24.0 Å². The van der Waals surface area contributed by atoms with Gasteiger partial charge in [0.25, 0.3) is 0 Å². The Kier molecular flexibility index (Phi) is 3.60. The van der Waals surface area contributed by atoms with E-state index in [2.05, 4.69) is 9.88 Å². The second-order valence-corrected chi connectivity index (χ2v) is 5.11. The molecule has 0 unspecified atom stereocenters. The number of hydrogen-bond acceptors (Lipinski definition) is 5. The van der Waals surface area contributed by atoms with Gasteiger partial charge in [0.05, 0.1) is 0 Å². The van der Waals surface area contributed by atoms with E-state index in [9.17, 15) is 0 Å². The number of nitrogens with two attached hydrogens (primary N) is 1. The number of hydrogen-bond donors (Lipinski definition) is 1. The predicted octanol–water partition coefficient (Wildman–Crippen LogP) is 1.33. The average molecular weight is 215 g/mol. The van der Waals surface area contributed by atoms with E-state index >= 15 is 0 Å². The Hall–Kier alpha value is -0.490. The fourth-order valence-corrected chi connectivity index (χ4v) is 2.10. The van der Waals surface area contributed by atoms with E-state index in [0.717, 1.165) is 11.6 Å². The number of aromatic nitrogens is 1. The normalized spacial score (nSPS) is 12.4. The third-order valence-corrected chi connectivity index (χ3v) is 3.12. The van der Waals surface area contributed by atoms with Crippen LogP contribution in [0.3, 0.4) is 0 Å². The third-order valence-electron chi connectivity index (χ3n) is 1.84. The highest BCUT2D eigenvalue weighted by molar-refractivity contribution is 7.11. The molecule has 0 aliphatic rings. The Morgan fingerprint density at radius 2 is 2.21 bits per heavy atom. The number of thiazole rings is 1. The van der Waals surface area contributed by atoms with Crippen molar-refractivity contribution in [1.29, 1.82) is 0 Å². The summed E-state index contributed by atoms with van der Waals surface area (Å²) in [5, 5.41) is 0.914. The first-order chi connectivity index (χ1) is 6.45. The molecule has 0 amide bonds. The van der Waals surface area contributed by atoms with Gasteiger partial charge >= 0.3 is 0 Å². The lowest BCUT2D eigenvalue weighted by Crippen LogP contribution is -2.24. The summed E-state index contributed by atoms with van der Waals surface area (Å²) in [6.45, 7) is 4.72. The molecule has 0 aliphatic heterocycles. The lowest BCUT2D eigenvalue weighted by molar-refractivity contribution is -0.0237. The third kappa shape index (κ3) is 2.75.